The largest absolute Gasteiger partial charge is 0.462 e. The van der Waals surface area contributed by atoms with Crippen LogP contribution in [0, 0.1) is 0 Å². The maximum atomic E-state index is 12.0. The number of esters is 2. The molecule has 0 bridgehead atoms. The fourth-order valence-electron chi connectivity index (χ4n) is 3.93. The van der Waals surface area contributed by atoms with Crippen molar-refractivity contribution in [3.05, 3.63) is 24.3 Å². The van der Waals surface area contributed by atoms with Crippen molar-refractivity contribution in [2.45, 2.75) is 148 Å². The second kappa shape index (κ2) is 28.0. The van der Waals surface area contributed by atoms with E-state index in [1.54, 1.807) is 0 Å². The van der Waals surface area contributed by atoms with E-state index in [4.69, 9.17) is 9.47 Å². The normalized spacial score (nSPS) is 12.4. The van der Waals surface area contributed by atoms with Gasteiger partial charge in [-0.25, -0.2) is 0 Å². The van der Waals surface area contributed by atoms with E-state index in [0.29, 0.717) is 12.8 Å². The van der Waals surface area contributed by atoms with Crippen molar-refractivity contribution in [2.24, 2.45) is 0 Å². The maximum Gasteiger partial charge on any atom is 0.306 e. The first kappa shape index (κ1) is 34.4. The van der Waals surface area contributed by atoms with Gasteiger partial charge in [-0.2, -0.15) is 0 Å². The molecule has 0 aromatic rings. The van der Waals surface area contributed by atoms with Gasteiger partial charge in [0.1, 0.15) is 6.61 Å². The molecule has 1 atom stereocenters. The van der Waals surface area contributed by atoms with Gasteiger partial charge in [0.2, 0.25) is 0 Å². The number of hydrogen-bond acceptors (Lipinski definition) is 5. The highest BCUT2D eigenvalue weighted by Gasteiger charge is 2.16. The molecule has 210 valence electrons. The lowest BCUT2D eigenvalue weighted by Crippen LogP contribution is -2.28. The van der Waals surface area contributed by atoms with Crippen molar-refractivity contribution >= 4 is 11.9 Å². The zero-order valence-corrected chi connectivity index (χ0v) is 23.5. The topological polar surface area (TPSA) is 72.8 Å². The third-order valence-electron chi connectivity index (χ3n) is 6.25. The summed E-state index contributed by atoms with van der Waals surface area (Å²) in [6, 6.07) is 0. The zero-order chi connectivity index (χ0) is 26.5. The summed E-state index contributed by atoms with van der Waals surface area (Å²) in [6.45, 7) is 4.03. The predicted octanol–water partition coefficient (Wildman–Crippen LogP) is 8.39. The van der Waals surface area contributed by atoms with Crippen LogP contribution in [0.25, 0.3) is 0 Å². The maximum absolute atomic E-state index is 12.0. The highest BCUT2D eigenvalue weighted by molar-refractivity contribution is 5.70. The van der Waals surface area contributed by atoms with Gasteiger partial charge in [-0.15, -0.1) is 0 Å². The van der Waals surface area contributed by atoms with Crippen molar-refractivity contribution in [3.8, 4) is 0 Å². The van der Waals surface area contributed by atoms with E-state index in [1.165, 1.54) is 64.2 Å². The van der Waals surface area contributed by atoms with Gasteiger partial charge in [0.05, 0.1) is 6.61 Å². The molecule has 0 saturated heterocycles. The molecule has 0 aliphatic heterocycles. The second-order valence-corrected chi connectivity index (χ2v) is 9.83. The summed E-state index contributed by atoms with van der Waals surface area (Å²) in [7, 11) is 0. The molecule has 0 unspecified atom stereocenters. The average Bonchev–Trinajstić information content (AvgIpc) is 2.88. The SMILES string of the molecule is CCCCC/C=C/C/C=C/CCCCCCCC(=O)O[C@@H](CO)COC(=O)CCCCCCCCC. The van der Waals surface area contributed by atoms with E-state index in [1.807, 2.05) is 0 Å². The lowest BCUT2D eigenvalue weighted by Gasteiger charge is -2.15. The Morgan fingerprint density at radius 3 is 1.69 bits per heavy atom. The van der Waals surface area contributed by atoms with Crippen LogP contribution < -0.4 is 0 Å². The van der Waals surface area contributed by atoms with Gasteiger partial charge < -0.3 is 14.6 Å². The minimum absolute atomic E-state index is 0.0697. The molecule has 0 radical (unpaired) electrons. The number of carbonyl (C=O) groups is 2. The molecule has 0 aromatic heterocycles. The summed E-state index contributed by atoms with van der Waals surface area (Å²) in [4.78, 5) is 23.9. The third kappa shape index (κ3) is 25.5. The first-order valence-corrected chi connectivity index (χ1v) is 14.9. The van der Waals surface area contributed by atoms with Gasteiger partial charge in [-0.1, -0.05) is 109 Å². The number of carbonyl (C=O) groups excluding carboxylic acids is 2. The van der Waals surface area contributed by atoms with Crippen LogP contribution in [0.1, 0.15) is 142 Å². The number of aliphatic hydroxyl groups excluding tert-OH is 1. The van der Waals surface area contributed by atoms with Crippen LogP contribution in [0.15, 0.2) is 24.3 Å². The van der Waals surface area contributed by atoms with E-state index in [9.17, 15) is 14.7 Å². The fourth-order valence-corrected chi connectivity index (χ4v) is 3.93. The Hall–Kier alpha value is -1.62. The first-order valence-electron chi connectivity index (χ1n) is 14.9. The molecule has 0 rings (SSSR count). The Kier molecular flexibility index (Phi) is 26.7. The van der Waals surface area contributed by atoms with E-state index in [2.05, 4.69) is 38.2 Å². The van der Waals surface area contributed by atoms with Crippen molar-refractivity contribution < 1.29 is 24.2 Å². The van der Waals surface area contributed by atoms with Crippen molar-refractivity contribution in [3.63, 3.8) is 0 Å². The number of unbranched alkanes of at least 4 members (excludes halogenated alkanes) is 14. The summed E-state index contributed by atoms with van der Waals surface area (Å²) in [5.41, 5.74) is 0. The number of ether oxygens (including phenoxy) is 2. The first-order chi connectivity index (χ1) is 17.6. The minimum Gasteiger partial charge on any atom is -0.462 e. The van der Waals surface area contributed by atoms with Crippen LogP contribution in [0.3, 0.4) is 0 Å². The number of rotatable bonds is 26. The van der Waals surface area contributed by atoms with Crippen LogP contribution >= 0.6 is 0 Å². The Bertz CT molecular complexity index is 555. The Morgan fingerprint density at radius 1 is 0.639 bits per heavy atom. The van der Waals surface area contributed by atoms with Crippen LogP contribution in [0.2, 0.25) is 0 Å². The molecule has 0 amide bonds. The molecule has 0 aliphatic carbocycles. The summed E-state index contributed by atoms with van der Waals surface area (Å²) in [5, 5.41) is 9.43. The third-order valence-corrected chi connectivity index (χ3v) is 6.25. The molecule has 0 heterocycles. The molecule has 5 nitrogen and oxygen atoms in total. The number of aliphatic hydroxyl groups is 1. The van der Waals surface area contributed by atoms with Crippen molar-refractivity contribution in [1.82, 2.24) is 0 Å². The molecular formula is C31H56O5. The highest BCUT2D eigenvalue weighted by atomic mass is 16.6. The van der Waals surface area contributed by atoms with Crippen LogP contribution in [0.4, 0.5) is 0 Å². The van der Waals surface area contributed by atoms with E-state index < -0.39 is 6.10 Å². The lowest BCUT2D eigenvalue weighted by molar-refractivity contribution is -0.161. The molecule has 0 aliphatic rings. The molecule has 0 spiro atoms. The Balaban J connectivity index is 3.63. The summed E-state index contributed by atoms with van der Waals surface area (Å²) in [5.74, 6) is -0.616. The van der Waals surface area contributed by atoms with Gasteiger partial charge in [-0.3, -0.25) is 9.59 Å². The standard InChI is InChI=1S/C31H56O5/c1-3-5-7-9-11-12-13-14-15-16-17-18-20-22-24-26-31(34)36-29(27-32)28-35-30(33)25-23-21-19-10-8-6-4-2/h11-12,14-15,29,32H,3-10,13,16-28H2,1-2H3/b12-11+,15-14+/t29-/m0/s1. The summed E-state index contributed by atoms with van der Waals surface area (Å²) >= 11 is 0. The lowest BCUT2D eigenvalue weighted by atomic mass is 10.1. The van der Waals surface area contributed by atoms with Gasteiger partial charge in [0.25, 0.3) is 0 Å². The van der Waals surface area contributed by atoms with Gasteiger partial charge in [0, 0.05) is 12.8 Å². The molecule has 36 heavy (non-hydrogen) atoms. The molecule has 1 N–H and O–H groups in total. The van der Waals surface area contributed by atoms with Gasteiger partial charge in [0.15, 0.2) is 6.10 Å². The molecular weight excluding hydrogens is 452 g/mol. The van der Waals surface area contributed by atoms with Crippen LogP contribution in [0.5, 0.6) is 0 Å². The quantitative estimate of drug-likeness (QED) is 0.0721. The molecule has 0 aromatic carbocycles. The fraction of sp³-hybridized carbons (Fsp3) is 0.806. The van der Waals surface area contributed by atoms with E-state index >= 15 is 0 Å². The van der Waals surface area contributed by atoms with Crippen LogP contribution in [-0.4, -0.2) is 36.4 Å². The second-order valence-electron chi connectivity index (χ2n) is 9.83. The summed E-state index contributed by atoms with van der Waals surface area (Å²) in [6.07, 6.45) is 29.5. The van der Waals surface area contributed by atoms with E-state index in [-0.39, 0.29) is 25.2 Å². The van der Waals surface area contributed by atoms with Crippen molar-refractivity contribution in [1.29, 1.82) is 0 Å². The van der Waals surface area contributed by atoms with Crippen molar-refractivity contribution in [2.75, 3.05) is 13.2 Å². The summed E-state index contributed by atoms with van der Waals surface area (Å²) < 4.78 is 10.5. The predicted molar refractivity (Wildman–Crippen MR) is 150 cm³/mol. The highest BCUT2D eigenvalue weighted by Crippen LogP contribution is 2.11. The average molecular weight is 509 g/mol. The van der Waals surface area contributed by atoms with Crippen LogP contribution in [-0.2, 0) is 19.1 Å². The number of allylic oxidation sites excluding steroid dienone is 4. The smallest absolute Gasteiger partial charge is 0.306 e. The molecule has 5 heteroatoms. The monoisotopic (exact) mass is 508 g/mol. The van der Waals surface area contributed by atoms with E-state index in [0.717, 1.165) is 51.4 Å². The molecule has 0 fully saturated rings. The number of hydrogen-bond donors (Lipinski definition) is 1. The van der Waals surface area contributed by atoms with Gasteiger partial charge in [-0.05, 0) is 44.9 Å². The molecule has 0 saturated carbocycles. The minimum atomic E-state index is -0.770. The Morgan fingerprint density at radius 2 is 1.11 bits per heavy atom. The van der Waals surface area contributed by atoms with Gasteiger partial charge >= 0.3 is 11.9 Å². The Labute approximate surface area is 222 Å². The zero-order valence-electron chi connectivity index (χ0n) is 23.5.